The summed E-state index contributed by atoms with van der Waals surface area (Å²) in [5, 5.41) is 1.87. The maximum Gasteiger partial charge on any atom is 0.416 e. The molecule has 0 aliphatic heterocycles. The lowest BCUT2D eigenvalue weighted by Crippen LogP contribution is -2.46. The second-order valence-corrected chi connectivity index (χ2v) is 6.57. The predicted molar refractivity (Wildman–Crippen MR) is 97.7 cm³/mol. The maximum atomic E-state index is 13.0. The van der Waals surface area contributed by atoms with Crippen LogP contribution in [0.25, 0.3) is 0 Å². The molecule has 2 aromatic carbocycles. The second kappa shape index (κ2) is 9.71. The van der Waals surface area contributed by atoms with Crippen LogP contribution < -0.4 is 11.1 Å². The van der Waals surface area contributed by atoms with Gasteiger partial charge >= 0.3 is 18.3 Å². The summed E-state index contributed by atoms with van der Waals surface area (Å²) in [5.41, 5.74) is 1.27. The van der Waals surface area contributed by atoms with Crippen molar-refractivity contribution in [2.75, 3.05) is 0 Å². The van der Waals surface area contributed by atoms with E-state index in [1.54, 1.807) is 30.3 Å². The van der Waals surface area contributed by atoms with E-state index in [1.807, 2.05) is 5.32 Å². The molecule has 0 aliphatic rings. The van der Waals surface area contributed by atoms with Gasteiger partial charge in [-0.2, -0.15) is 26.3 Å². The Balaban J connectivity index is 2.16. The molecule has 1 atom stereocenters. The van der Waals surface area contributed by atoms with Crippen molar-refractivity contribution < 1.29 is 45.5 Å². The van der Waals surface area contributed by atoms with Gasteiger partial charge in [0.15, 0.2) is 0 Å². The van der Waals surface area contributed by atoms with E-state index in [9.17, 15) is 40.7 Å². The molecular formula is C20H16F6N2O4. The Bertz CT molecular complexity index is 958. The Kier molecular flexibility index (Phi) is 7.49. The van der Waals surface area contributed by atoms with Crippen molar-refractivity contribution in [3.8, 4) is 0 Å². The molecule has 3 N–H and O–H groups in total. The number of ether oxygens (including phenoxy) is 1. The van der Waals surface area contributed by atoms with E-state index < -0.39 is 59.3 Å². The summed E-state index contributed by atoms with van der Waals surface area (Å²) in [7, 11) is 0. The molecule has 0 fully saturated rings. The number of carbonyl (C=O) groups is 3. The maximum absolute atomic E-state index is 13.0. The van der Waals surface area contributed by atoms with Gasteiger partial charge in [-0.3, -0.25) is 14.4 Å². The second-order valence-electron chi connectivity index (χ2n) is 6.57. The molecule has 0 unspecified atom stereocenters. The third-order valence-corrected chi connectivity index (χ3v) is 4.11. The Morgan fingerprint density at radius 3 is 1.91 bits per heavy atom. The zero-order valence-electron chi connectivity index (χ0n) is 16.1. The van der Waals surface area contributed by atoms with Gasteiger partial charge < -0.3 is 15.8 Å². The third kappa shape index (κ3) is 7.00. The van der Waals surface area contributed by atoms with Gasteiger partial charge in [0, 0.05) is 5.56 Å². The Labute approximate surface area is 177 Å². The molecule has 32 heavy (non-hydrogen) atoms. The quantitative estimate of drug-likeness (QED) is 0.487. The van der Waals surface area contributed by atoms with Crippen LogP contribution in [-0.4, -0.2) is 23.8 Å². The number of halogens is 6. The monoisotopic (exact) mass is 462 g/mol. The highest BCUT2D eigenvalue weighted by Crippen LogP contribution is 2.36. The zero-order valence-corrected chi connectivity index (χ0v) is 16.1. The first-order valence-electron chi connectivity index (χ1n) is 8.86. The number of rotatable bonds is 7. The van der Waals surface area contributed by atoms with Crippen molar-refractivity contribution >= 4 is 17.8 Å². The molecular weight excluding hydrogens is 446 g/mol. The molecule has 6 nitrogen and oxygen atoms in total. The molecule has 0 radical (unpaired) electrons. The third-order valence-electron chi connectivity index (χ3n) is 4.11. The Hall–Kier alpha value is -3.57. The van der Waals surface area contributed by atoms with Gasteiger partial charge in [0.05, 0.1) is 17.5 Å². The summed E-state index contributed by atoms with van der Waals surface area (Å²) in [6, 6.07) is 6.88. The van der Waals surface area contributed by atoms with Gasteiger partial charge in [0.2, 0.25) is 5.91 Å². The van der Waals surface area contributed by atoms with Gasteiger partial charge in [0.1, 0.15) is 12.6 Å². The summed E-state index contributed by atoms with van der Waals surface area (Å²) >= 11 is 0. The van der Waals surface area contributed by atoms with Gasteiger partial charge in [-0.25, -0.2) is 0 Å². The van der Waals surface area contributed by atoms with Crippen LogP contribution >= 0.6 is 0 Å². The lowest BCUT2D eigenvalue weighted by molar-refractivity contribution is -0.146. The van der Waals surface area contributed by atoms with Crippen molar-refractivity contribution in [1.82, 2.24) is 5.32 Å². The number of nitrogens with one attached hydrogen (secondary N) is 1. The minimum atomic E-state index is -5.17. The fourth-order valence-electron chi connectivity index (χ4n) is 2.51. The first-order chi connectivity index (χ1) is 14.8. The number of hydrogen-bond donors (Lipinski definition) is 2. The van der Waals surface area contributed by atoms with E-state index in [0.717, 1.165) is 0 Å². The molecule has 0 spiro atoms. The van der Waals surface area contributed by atoms with Crippen molar-refractivity contribution in [1.29, 1.82) is 0 Å². The Morgan fingerprint density at radius 1 is 0.906 bits per heavy atom. The molecule has 12 heteroatoms. The highest BCUT2D eigenvalue weighted by atomic mass is 19.4. The summed E-state index contributed by atoms with van der Waals surface area (Å²) in [6.07, 6.45) is -11.1. The van der Waals surface area contributed by atoms with Crippen LogP contribution in [0.15, 0.2) is 48.5 Å². The molecule has 0 aliphatic carbocycles. The lowest BCUT2D eigenvalue weighted by atomic mass is 10.0. The van der Waals surface area contributed by atoms with Crippen molar-refractivity contribution in [3.63, 3.8) is 0 Å². The van der Waals surface area contributed by atoms with Crippen LogP contribution in [-0.2, 0) is 33.3 Å². The smallest absolute Gasteiger partial charge is 0.416 e. The van der Waals surface area contributed by atoms with Crippen LogP contribution in [0, 0.1) is 0 Å². The molecule has 0 aromatic heterocycles. The highest BCUT2D eigenvalue weighted by Gasteiger charge is 2.37. The largest absolute Gasteiger partial charge is 0.461 e. The first kappa shape index (κ1) is 24.7. The molecule has 0 heterocycles. The van der Waals surface area contributed by atoms with Crippen molar-refractivity contribution in [2.45, 2.75) is 31.4 Å². The molecule has 0 bridgehead atoms. The normalized spacial score (nSPS) is 12.7. The van der Waals surface area contributed by atoms with Gasteiger partial charge in [-0.1, -0.05) is 30.3 Å². The topological polar surface area (TPSA) is 98.5 Å². The summed E-state index contributed by atoms with van der Waals surface area (Å²) in [5.74, 6) is -3.67. The fraction of sp³-hybridized carbons (Fsp3) is 0.250. The van der Waals surface area contributed by atoms with Gasteiger partial charge in [-0.05, 0) is 23.8 Å². The van der Waals surface area contributed by atoms with E-state index in [0.29, 0.717) is 5.56 Å². The van der Waals surface area contributed by atoms with Crippen LogP contribution in [0.3, 0.4) is 0 Å². The van der Waals surface area contributed by atoms with E-state index in [-0.39, 0.29) is 24.8 Å². The van der Waals surface area contributed by atoms with Gasteiger partial charge in [-0.15, -0.1) is 0 Å². The predicted octanol–water partition coefficient (Wildman–Crippen LogP) is 3.44. The summed E-state index contributed by atoms with van der Waals surface area (Å²) in [4.78, 5) is 35.8. The number of nitrogens with two attached hydrogens (primary N) is 1. The number of primary amides is 1. The molecule has 2 aromatic rings. The van der Waals surface area contributed by atoms with Crippen LogP contribution in [0.1, 0.15) is 33.5 Å². The first-order valence-corrected chi connectivity index (χ1v) is 8.86. The summed E-state index contributed by atoms with van der Waals surface area (Å²) in [6.45, 7) is -0.165. The standard InChI is InChI=1S/C20H16F6N2O4/c21-19(22,23)13-6-12(7-14(8-13)20(24,25)26)18(31)28-15(17(27)30)9-16(29)32-10-11-4-2-1-3-5-11/h1-8,15H,9-10H2,(H2,27,30)(H,28,31)/t15-/m0/s1. The fourth-order valence-corrected chi connectivity index (χ4v) is 2.51. The molecule has 2 rings (SSSR count). The minimum Gasteiger partial charge on any atom is -0.461 e. The van der Waals surface area contributed by atoms with Crippen LogP contribution in [0.4, 0.5) is 26.3 Å². The molecule has 2 amide bonds. The number of hydrogen-bond acceptors (Lipinski definition) is 4. The average Bonchev–Trinajstić information content (AvgIpc) is 2.70. The van der Waals surface area contributed by atoms with Crippen molar-refractivity contribution in [3.05, 3.63) is 70.8 Å². The average molecular weight is 462 g/mol. The molecule has 0 saturated carbocycles. The highest BCUT2D eigenvalue weighted by molar-refractivity contribution is 5.98. The van der Waals surface area contributed by atoms with Gasteiger partial charge in [0.25, 0.3) is 5.91 Å². The van der Waals surface area contributed by atoms with E-state index in [2.05, 4.69) is 0 Å². The number of amides is 2. The molecule has 172 valence electrons. The summed E-state index contributed by atoms with van der Waals surface area (Å²) < 4.78 is 82.6. The van der Waals surface area contributed by atoms with Crippen LogP contribution in [0.2, 0.25) is 0 Å². The number of carbonyl (C=O) groups excluding carboxylic acids is 3. The minimum absolute atomic E-state index is 0.150. The van der Waals surface area contributed by atoms with E-state index >= 15 is 0 Å². The number of alkyl halides is 6. The lowest BCUT2D eigenvalue weighted by Gasteiger charge is -2.17. The zero-order chi connectivity index (χ0) is 24.1. The van der Waals surface area contributed by atoms with E-state index in [4.69, 9.17) is 10.5 Å². The van der Waals surface area contributed by atoms with E-state index in [1.165, 1.54) is 0 Å². The molecule has 0 saturated heterocycles. The number of esters is 1. The Morgan fingerprint density at radius 2 is 1.44 bits per heavy atom. The number of benzene rings is 2. The van der Waals surface area contributed by atoms with Crippen molar-refractivity contribution in [2.24, 2.45) is 5.73 Å². The van der Waals surface area contributed by atoms with Crippen LogP contribution in [0.5, 0.6) is 0 Å². The SMILES string of the molecule is NC(=O)[C@H](CC(=O)OCc1ccccc1)NC(=O)c1cc(C(F)(F)F)cc(C(F)(F)F)c1.